The molecule has 1 N–H and O–H groups in total. The Morgan fingerprint density at radius 3 is 2.37 bits per heavy atom. The summed E-state index contributed by atoms with van der Waals surface area (Å²) in [4.78, 5) is 28.7. The number of carbonyl (C=O) groups is 2. The average Bonchev–Trinajstić information content (AvgIpc) is 2.90. The van der Waals surface area contributed by atoms with Gasteiger partial charge in [-0.15, -0.1) is 0 Å². The van der Waals surface area contributed by atoms with Crippen molar-refractivity contribution in [2.45, 2.75) is 64.0 Å². The van der Waals surface area contributed by atoms with Crippen molar-refractivity contribution in [3.05, 3.63) is 59.1 Å². The van der Waals surface area contributed by atoms with Crippen molar-refractivity contribution >= 4 is 39.1 Å². The van der Waals surface area contributed by atoms with E-state index in [9.17, 15) is 18.0 Å². The monoisotopic (exact) mass is 563 g/mol. The number of sulfonamides is 1. The van der Waals surface area contributed by atoms with E-state index in [2.05, 4.69) is 5.32 Å². The molecule has 0 saturated heterocycles. The lowest BCUT2D eigenvalue weighted by molar-refractivity contribution is -0.140. The van der Waals surface area contributed by atoms with Gasteiger partial charge in [0.05, 0.1) is 24.1 Å². The van der Waals surface area contributed by atoms with Gasteiger partial charge in [-0.25, -0.2) is 8.42 Å². The summed E-state index contributed by atoms with van der Waals surface area (Å²) in [6, 6.07) is 13.6. The van der Waals surface area contributed by atoms with Crippen LogP contribution < -0.4 is 14.4 Å². The molecule has 208 valence electrons. The largest absolute Gasteiger partial charge is 0.495 e. The molecule has 0 spiro atoms. The molecule has 1 saturated carbocycles. The summed E-state index contributed by atoms with van der Waals surface area (Å²) < 4.78 is 31.7. The van der Waals surface area contributed by atoms with Crippen LogP contribution in [0, 0.1) is 0 Å². The van der Waals surface area contributed by atoms with Gasteiger partial charge in [-0.2, -0.15) is 0 Å². The van der Waals surface area contributed by atoms with Gasteiger partial charge in [0.2, 0.25) is 21.8 Å². The number of hydrogen-bond donors (Lipinski definition) is 1. The first-order chi connectivity index (χ1) is 18.1. The highest BCUT2D eigenvalue weighted by Crippen LogP contribution is 2.30. The van der Waals surface area contributed by atoms with Crippen LogP contribution in [0.15, 0.2) is 48.5 Å². The molecule has 1 aliphatic rings. The molecular weight excluding hydrogens is 526 g/mol. The van der Waals surface area contributed by atoms with Gasteiger partial charge in [-0.1, -0.05) is 68.1 Å². The number of halogens is 1. The first-order valence-electron chi connectivity index (χ1n) is 13.1. The van der Waals surface area contributed by atoms with Crippen LogP contribution in [0.4, 0.5) is 5.69 Å². The van der Waals surface area contributed by atoms with Gasteiger partial charge in [0.25, 0.3) is 0 Å². The van der Waals surface area contributed by atoms with Crippen LogP contribution in [-0.2, 0) is 26.0 Å². The zero-order chi connectivity index (χ0) is 27.7. The van der Waals surface area contributed by atoms with Crippen molar-refractivity contribution in [1.29, 1.82) is 0 Å². The molecule has 0 radical (unpaired) electrons. The Balaban J connectivity index is 1.87. The van der Waals surface area contributed by atoms with Gasteiger partial charge < -0.3 is 15.0 Å². The minimum absolute atomic E-state index is 0.102. The van der Waals surface area contributed by atoms with Gasteiger partial charge in [0.1, 0.15) is 18.3 Å². The van der Waals surface area contributed by atoms with Gasteiger partial charge in [-0.05, 0) is 49.4 Å². The third kappa shape index (κ3) is 8.11. The maximum Gasteiger partial charge on any atom is 0.244 e. The van der Waals surface area contributed by atoms with Gasteiger partial charge in [0, 0.05) is 12.6 Å². The molecule has 1 aliphatic carbocycles. The van der Waals surface area contributed by atoms with E-state index in [4.69, 9.17) is 16.3 Å². The fourth-order valence-electron chi connectivity index (χ4n) is 4.86. The molecule has 0 heterocycles. The van der Waals surface area contributed by atoms with Crippen LogP contribution in [0.25, 0.3) is 0 Å². The highest BCUT2D eigenvalue weighted by atomic mass is 35.5. The Bertz CT molecular complexity index is 1190. The summed E-state index contributed by atoms with van der Waals surface area (Å²) in [5.74, 6) is -0.256. The zero-order valence-electron chi connectivity index (χ0n) is 22.4. The fourth-order valence-corrected chi connectivity index (χ4v) is 5.96. The summed E-state index contributed by atoms with van der Waals surface area (Å²) >= 11 is 6.25. The van der Waals surface area contributed by atoms with Crippen molar-refractivity contribution in [3.8, 4) is 5.75 Å². The van der Waals surface area contributed by atoms with E-state index >= 15 is 0 Å². The van der Waals surface area contributed by atoms with Gasteiger partial charge in [0.15, 0.2) is 0 Å². The lowest BCUT2D eigenvalue weighted by atomic mass is 9.95. The summed E-state index contributed by atoms with van der Waals surface area (Å²) in [6.07, 6.45) is 7.17. The van der Waals surface area contributed by atoms with E-state index in [1.165, 1.54) is 24.5 Å². The number of nitrogens with one attached hydrogen (secondary N) is 1. The number of anilines is 1. The Kier molecular flexibility index (Phi) is 10.8. The van der Waals surface area contributed by atoms with Crippen LogP contribution in [0.2, 0.25) is 5.02 Å². The van der Waals surface area contributed by atoms with Crippen molar-refractivity contribution in [2.75, 3.05) is 30.8 Å². The normalized spacial score (nSPS) is 14.9. The van der Waals surface area contributed by atoms with E-state index in [1.54, 1.807) is 12.1 Å². The number of amides is 2. The molecule has 1 atom stereocenters. The molecule has 38 heavy (non-hydrogen) atoms. The summed E-state index contributed by atoms with van der Waals surface area (Å²) in [7, 11) is -2.37. The molecular formula is C28H38ClN3O5S. The maximum atomic E-state index is 13.8. The SMILES string of the molecule is CC[C@@H](C(=O)NC1CCCCC1)N(CCc1ccccc1)C(=O)CN(c1ccc(OC)c(Cl)c1)S(C)(=O)=O. The van der Waals surface area contributed by atoms with E-state index in [1.807, 2.05) is 37.3 Å². The fraction of sp³-hybridized carbons (Fsp3) is 0.500. The highest BCUT2D eigenvalue weighted by Gasteiger charge is 2.32. The molecule has 8 nitrogen and oxygen atoms in total. The molecule has 2 amide bonds. The van der Waals surface area contributed by atoms with Crippen LogP contribution in [-0.4, -0.2) is 63.7 Å². The van der Waals surface area contributed by atoms with Gasteiger partial charge >= 0.3 is 0 Å². The topological polar surface area (TPSA) is 96.0 Å². The van der Waals surface area contributed by atoms with E-state index in [-0.39, 0.29) is 29.2 Å². The van der Waals surface area contributed by atoms with E-state index in [0.717, 1.165) is 41.8 Å². The zero-order valence-corrected chi connectivity index (χ0v) is 23.9. The Hall–Kier alpha value is -2.78. The van der Waals surface area contributed by atoms with Crippen LogP contribution in [0.3, 0.4) is 0 Å². The number of benzene rings is 2. The molecule has 0 bridgehead atoms. The predicted octanol–water partition coefficient (Wildman–Crippen LogP) is 4.41. The third-order valence-corrected chi connectivity index (χ3v) is 8.36. The van der Waals surface area contributed by atoms with Crippen molar-refractivity contribution in [1.82, 2.24) is 10.2 Å². The smallest absolute Gasteiger partial charge is 0.244 e. The van der Waals surface area contributed by atoms with Crippen molar-refractivity contribution in [3.63, 3.8) is 0 Å². The lowest BCUT2D eigenvalue weighted by Crippen LogP contribution is -2.54. The quantitative estimate of drug-likeness (QED) is 0.412. The Morgan fingerprint density at radius 1 is 1.11 bits per heavy atom. The number of methoxy groups -OCH3 is 1. The van der Waals surface area contributed by atoms with Crippen molar-refractivity contribution in [2.24, 2.45) is 0 Å². The Morgan fingerprint density at radius 2 is 1.79 bits per heavy atom. The van der Waals surface area contributed by atoms with Crippen LogP contribution >= 0.6 is 11.6 Å². The first kappa shape index (κ1) is 29.8. The number of hydrogen-bond acceptors (Lipinski definition) is 5. The molecule has 1 fully saturated rings. The van der Waals surface area contributed by atoms with Crippen LogP contribution in [0.1, 0.15) is 51.0 Å². The molecule has 0 aliphatic heterocycles. The van der Waals surface area contributed by atoms with Gasteiger partial charge in [-0.3, -0.25) is 13.9 Å². The second-order valence-corrected chi connectivity index (χ2v) is 12.0. The molecule has 2 aromatic carbocycles. The van der Waals surface area contributed by atoms with Crippen LogP contribution in [0.5, 0.6) is 5.75 Å². The highest BCUT2D eigenvalue weighted by molar-refractivity contribution is 7.92. The summed E-state index contributed by atoms with van der Waals surface area (Å²) in [5.41, 5.74) is 1.27. The van der Waals surface area contributed by atoms with E-state index < -0.39 is 28.5 Å². The molecule has 0 aromatic heterocycles. The molecule has 0 unspecified atom stereocenters. The minimum Gasteiger partial charge on any atom is -0.495 e. The second kappa shape index (κ2) is 13.8. The molecule has 3 rings (SSSR count). The lowest BCUT2D eigenvalue weighted by Gasteiger charge is -2.34. The minimum atomic E-state index is -3.84. The average molecular weight is 564 g/mol. The molecule has 10 heteroatoms. The number of nitrogens with zero attached hydrogens (tertiary/aromatic N) is 2. The summed E-state index contributed by atoms with van der Waals surface area (Å²) in [6.45, 7) is 1.69. The predicted molar refractivity (Wildman–Crippen MR) is 151 cm³/mol. The first-order valence-corrected chi connectivity index (χ1v) is 15.3. The van der Waals surface area contributed by atoms with E-state index in [0.29, 0.717) is 18.6 Å². The van der Waals surface area contributed by atoms with Crippen molar-refractivity contribution < 1.29 is 22.7 Å². The number of ether oxygens (including phenoxy) is 1. The number of carbonyl (C=O) groups excluding carboxylic acids is 2. The third-order valence-electron chi connectivity index (χ3n) is 6.92. The molecule has 2 aromatic rings. The standard InChI is InChI=1S/C28H38ClN3O5S/c1-4-25(28(34)30-22-13-9-6-10-14-22)31(18-17-21-11-7-5-8-12-21)27(33)20-32(38(3,35)36)23-15-16-26(37-2)24(29)19-23/h5,7-8,11-12,15-16,19,22,25H,4,6,9-10,13-14,17-18,20H2,1-3H3,(H,30,34)/t25-/m0/s1. The Labute approximate surface area is 231 Å². The maximum absolute atomic E-state index is 13.8. The number of rotatable bonds is 12. The summed E-state index contributed by atoms with van der Waals surface area (Å²) in [5, 5.41) is 3.37. The second-order valence-electron chi connectivity index (χ2n) is 9.68.